The predicted molar refractivity (Wildman–Crippen MR) is 104 cm³/mol. The molecular weight excluding hydrogens is 352 g/mol. The second-order valence-corrected chi connectivity index (χ2v) is 8.84. The molecule has 1 aliphatic heterocycles. The van der Waals surface area contributed by atoms with Crippen molar-refractivity contribution in [3.63, 3.8) is 0 Å². The van der Waals surface area contributed by atoms with Gasteiger partial charge in [0.15, 0.2) is 5.16 Å². The summed E-state index contributed by atoms with van der Waals surface area (Å²) in [5.74, 6) is 0. The zero-order valence-electron chi connectivity index (χ0n) is 14.8. The van der Waals surface area contributed by atoms with Gasteiger partial charge in [0.05, 0.1) is 23.3 Å². The largest absolute Gasteiger partial charge is 0.370 e. The molecule has 0 radical (unpaired) electrons. The van der Waals surface area contributed by atoms with Gasteiger partial charge in [0.25, 0.3) is 5.56 Å². The highest BCUT2D eigenvalue weighted by Crippen LogP contribution is 2.37. The third kappa shape index (κ3) is 2.82. The normalized spacial score (nSPS) is 16.2. The van der Waals surface area contributed by atoms with Gasteiger partial charge < -0.3 is 4.74 Å². The fourth-order valence-electron chi connectivity index (χ4n) is 3.31. The Morgan fingerprint density at radius 1 is 1.36 bits per heavy atom. The minimum atomic E-state index is -0.250. The summed E-state index contributed by atoms with van der Waals surface area (Å²) in [6.45, 7) is 6.73. The average Bonchev–Trinajstić information content (AvgIpc) is 2.91. The topological polar surface area (TPSA) is 44.1 Å². The van der Waals surface area contributed by atoms with Crippen LogP contribution in [0.4, 0.5) is 0 Å². The van der Waals surface area contributed by atoms with E-state index in [9.17, 15) is 4.79 Å². The molecule has 0 N–H and O–H groups in total. The first kappa shape index (κ1) is 16.8. The maximum absolute atomic E-state index is 13.4. The van der Waals surface area contributed by atoms with E-state index in [-0.39, 0.29) is 11.2 Å². The minimum absolute atomic E-state index is 0.0233. The molecule has 0 unspecified atom stereocenters. The van der Waals surface area contributed by atoms with Gasteiger partial charge in [-0.25, -0.2) is 4.98 Å². The zero-order valence-corrected chi connectivity index (χ0v) is 16.4. The number of aromatic nitrogens is 2. The molecule has 4 rings (SSSR count). The molecule has 0 fully saturated rings. The van der Waals surface area contributed by atoms with Gasteiger partial charge in [-0.15, -0.1) is 11.3 Å². The Hall–Kier alpha value is -1.63. The maximum atomic E-state index is 13.4. The fraction of sp³-hybridized carbons (Fsp3) is 0.368. The summed E-state index contributed by atoms with van der Waals surface area (Å²) in [4.78, 5) is 20.2. The molecule has 1 aromatic carbocycles. The van der Waals surface area contributed by atoms with E-state index in [0.717, 1.165) is 43.5 Å². The van der Waals surface area contributed by atoms with E-state index in [0.29, 0.717) is 6.61 Å². The standard InChI is InChI=1S/C19H20N2O2S2/c1-11-6-5-7-12(8-11)21-17(22)15-13-9-19(2,3)23-10-14(13)25-16(15)20-18(21)24-4/h5-8H,9-10H2,1-4H3. The van der Waals surface area contributed by atoms with Gasteiger partial charge in [-0.1, -0.05) is 23.9 Å². The van der Waals surface area contributed by atoms with E-state index in [1.54, 1.807) is 15.9 Å². The lowest BCUT2D eigenvalue weighted by Gasteiger charge is -2.29. The highest BCUT2D eigenvalue weighted by molar-refractivity contribution is 7.98. The Bertz CT molecular complexity index is 1030. The van der Waals surface area contributed by atoms with E-state index in [1.807, 2.05) is 37.4 Å². The van der Waals surface area contributed by atoms with E-state index in [4.69, 9.17) is 9.72 Å². The van der Waals surface area contributed by atoms with Gasteiger partial charge >= 0.3 is 0 Å². The van der Waals surface area contributed by atoms with E-state index in [1.165, 1.54) is 11.8 Å². The molecular formula is C19H20N2O2S2. The van der Waals surface area contributed by atoms with Gasteiger partial charge in [0.2, 0.25) is 0 Å². The van der Waals surface area contributed by atoms with Crippen LogP contribution in [0, 0.1) is 6.92 Å². The molecule has 1 aliphatic rings. The number of fused-ring (bicyclic) bond motifs is 3. The second kappa shape index (κ2) is 5.97. The molecule has 0 saturated carbocycles. The van der Waals surface area contributed by atoms with Gasteiger partial charge in [-0.2, -0.15) is 0 Å². The SMILES string of the molecule is CSc1nc2sc3c(c2c(=O)n1-c1cccc(C)c1)CC(C)(C)OC3. The summed E-state index contributed by atoms with van der Waals surface area (Å²) in [6.07, 6.45) is 2.70. The van der Waals surface area contributed by atoms with Crippen LogP contribution in [0.15, 0.2) is 34.2 Å². The van der Waals surface area contributed by atoms with Crippen molar-refractivity contribution in [1.82, 2.24) is 9.55 Å². The first-order valence-electron chi connectivity index (χ1n) is 8.22. The molecule has 4 nitrogen and oxygen atoms in total. The van der Waals surface area contributed by atoms with Crippen molar-refractivity contribution in [3.05, 3.63) is 50.6 Å². The molecule has 2 aromatic heterocycles. The lowest BCUT2D eigenvalue weighted by molar-refractivity contribution is -0.0379. The number of thiophene rings is 1. The van der Waals surface area contributed by atoms with Crippen LogP contribution < -0.4 is 5.56 Å². The van der Waals surface area contributed by atoms with Crippen molar-refractivity contribution >= 4 is 33.3 Å². The van der Waals surface area contributed by atoms with Crippen LogP contribution in [-0.4, -0.2) is 21.4 Å². The van der Waals surface area contributed by atoms with Crippen molar-refractivity contribution in [2.24, 2.45) is 0 Å². The van der Waals surface area contributed by atoms with E-state index < -0.39 is 0 Å². The predicted octanol–water partition coefficient (Wildman–Crippen LogP) is 4.33. The summed E-state index contributed by atoms with van der Waals surface area (Å²) >= 11 is 3.09. The maximum Gasteiger partial charge on any atom is 0.267 e. The number of hydrogen-bond donors (Lipinski definition) is 0. The molecule has 0 bridgehead atoms. The van der Waals surface area contributed by atoms with Gasteiger partial charge in [-0.3, -0.25) is 9.36 Å². The third-order valence-corrected chi connectivity index (χ3v) is 6.25. The molecule has 3 aromatic rings. The Morgan fingerprint density at radius 3 is 2.88 bits per heavy atom. The number of hydrogen-bond acceptors (Lipinski definition) is 5. The Balaban J connectivity index is 2.04. The first-order valence-corrected chi connectivity index (χ1v) is 10.3. The highest BCUT2D eigenvalue weighted by Gasteiger charge is 2.31. The van der Waals surface area contributed by atoms with Crippen LogP contribution >= 0.6 is 23.1 Å². The van der Waals surface area contributed by atoms with Crippen LogP contribution in [-0.2, 0) is 17.8 Å². The van der Waals surface area contributed by atoms with Crippen LogP contribution in [0.2, 0.25) is 0 Å². The monoisotopic (exact) mass is 372 g/mol. The Labute approximate surface area is 154 Å². The smallest absolute Gasteiger partial charge is 0.267 e. The van der Waals surface area contributed by atoms with Gasteiger partial charge in [-0.05, 0) is 50.3 Å². The summed E-state index contributed by atoms with van der Waals surface area (Å²) < 4.78 is 7.66. The van der Waals surface area contributed by atoms with Gasteiger partial charge in [0.1, 0.15) is 4.83 Å². The Morgan fingerprint density at radius 2 is 2.16 bits per heavy atom. The van der Waals surface area contributed by atoms with E-state index >= 15 is 0 Å². The number of aryl methyl sites for hydroxylation is 1. The highest BCUT2D eigenvalue weighted by atomic mass is 32.2. The quantitative estimate of drug-likeness (QED) is 0.496. The average molecular weight is 373 g/mol. The third-order valence-electron chi connectivity index (χ3n) is 4.52. The van der Waals surface area contributed by atoms with Crippen molar-refractivity contribution < 1.29 is 4.74 Å². The molecule has 25 heavy (non-hydrogen) atoms. The fourth-order valence-corrected chi connectivity index (χ4v) is 5.01. The summed E-state index contributed by atoms with van der Waals surface area (Å²) in [5.41, 5.74) is 2.88. The van der Waals surface area contributed by atoms with Crippen LogP contribution in [0.1, 0.15) is 29.9 Å². The van der Waals surface area contributed by atoms with Crippen molar-refractivity contribution in [2.75, 3.05) is 6.26 Å². The molecule has 0 spiro atoms. The minimum Gasteiger partial charge on any atom is -0.370 e. The van der Waals surface area contributed by atoms with Crippen LogP contribution in [0.25, 0.3) is 15.9 Å². The zero-order chi connectivity index (χ0) is 17.8. The molecule has 130 valence electrons. The molecule has 0 aliphatic carbocycles. The van der Waals surface area contributed by atoms with Crippen molar-refractivity contribution in [3.8, 4) is 5.69 Å². The number of rotatable bonds is 2. The lowest BCUT2D eigenvalue weighted by Crippen LogP contribution is -2.32. The number of thioether (sulfide) groups is 1. The van der Waals surface area contributed by atoms with Crippen molar-refractivity contribution in [2.45, 2.75) is 44.6 Å². The van der Waals surface area contributed by atoms with Crippen LogP contribution in [0.3, 0.4) is 0 Å². The lowest BCUT2D eigenvalue weighted by atomic mass is 9.94. The summed E-state index contributed by atoms with van der Waals surface area (Å²) in [5, 5.41) is 1.48. The molecule has 0 atom stereocenters. The number of ether oxygens (including phenoxy) is 1. The molecule has 0 amide bonds. The Kier molecular flexibility index (Phi) is 4.02. The second-order valence-electron chi connectivity index (χ2n) is 6.99. The number of nitrogens with zero attached hydrogens (tertiary/aromatic N) is 2. The summed E-state index contributed by atoms with van der Waals surface area (Å²) in [6, 6.07) is 8.00. The van der Waals surface area contributed by atoms with Crippen LogP contribution in [0.5, 0.6) is 0 Å². The van der Waals surface area contributed by atoms with Gasteiger partial charge in [0, 0.05) is 11.3 Å². The molecule has 0 saturated heterocycles. The van der Waals surface area contributed by atoms with Crippen molar-refractivity contribution in [1.29, 1.82) is 0 Å². The molecule has 3 heterocycles. The summed E-state index contributed by atoms with van der Waals surface area (Å²) in [7, 11) is 0. The first-order chi connectivity index (χ1) is 11.9. The van der Waals surface area contributed by atoms with E-state index in [2.05, 4.69) is 13.8 Å². The number of benzene rings is 1. The molecule has 6 heteroatoms.